The third-order valence-electron chi connectivity index (χ3n) is 2.72. The van der Waals surface area contributed by atoms with E-state index in [4.69, 9.17) is 47.6 Å². The van der Waals surface area contributed by atoms with Gasteiger partial charge in [0.25, 0.3) is 5.91 Å². The zero-order chi connectivity index (χ0) is 17.5. The van der Waals surface area contributed by atoms with E-state index < -0.39 is 5.91 Å². The summed E-state index contributed by atoms with van der Waals surface area (Å²) < 4.78 is 0. The second-order valence-corrected chi connectivity index (χ2v) is 6.14. The van der Waals surface area contributed by atoms with Crippen LogP contribution in [0, 0.1) is 0 Å². The molecule has 0 aliphatic heterocycles. The molecule has 1 amide bonds. The molecule has 0 fully saturated rings. The Labute approximate surface area is 159 Å². The molecule has 4 N–H and O–H groups in total. The summed E-state index contributed by atoms with van der Waals surface area (Å²) in [4.78, 5) is 12.1. The van der Waals surface area contributed by atoms with Gasteiger partial charge in [-0.15, -0.1) is 0 Å². The van der Waals surface area contributed by atoms with E-state index in [0.29, 0.717) is 10.1 Å². The summed E-state index contributed by atoms with van der Waals surface area (Å²) in [5.74, 6) is -0.460. The molecule has 0 radical (unpaired) electrons. The highest BCUT2D eigenvalue weighted by atomic mass is 35.5. The zero-order valence-electron chi connectivity index (χ0n) is 12.1. The van der Waals surface area contributed by atoms with Gasteiger partial charge in [0.1, 0.15) is 0 Å². The number of benzene rings is 2. The molecule has 0 bridgehead atoms. The number of halogens is 2. The predicted octanol–water partition coefficient (Wildman–Crippen LogP) is 3.50. The smallest absolute Gasteiger partial charge is 0.258 e. The normalized spacial score (nSPS) is 9.75. The van der Waals surface area contributed by atoms with Gasteiger partial charge in [0.05, 0.1) is 10.6 Å². The molecule has 5 nitrogen and oxygen atoms in total. The van der Waals surface area contributed by atoms with Crippen molar-refractivity contribution in [2.75, 3.05) is 5.32 Å². The second-order valence-electron chi connectivity index (χ2n) is 4.48. The molecule has 9 heteroatoms. The minimum atomic E-state index is -0.460. The van der Waals surface area contributed by atoms with Crippen molar-refractivity contribution in [3.63, 3.8) is 0 Å². The highest BCUT2D eigenvalue weighted by molar-refractivity contribution is 7.80. The number of hydrazine groups is 1. The van der Waals surface area contributed by atoms with E-state index in [9.17, 15) is 4.79 Å². The minimum Gasteiger partial charge on any atom is -0.331 e. The first kappa shape index (κ1) is 18.4. The van der Waals surface area contributed by atoms with Crippen molar-refractivity contribution in [3.05, 3.63) is 64.1 Å². The maximum absolute atomic E-state index is 12.1. The van der Waals surface area contributed by atoms with Crippen molar-refractivity contribution >= 4 is 69.5 Å². The SMILES string of the molecule is O=C(NC(=S)NNC(=S)Nc1ccccc1)c1ccc(Cl)cc1Cl. The van der Waals surface area contributed by atoms with E-state index in [2.05, 4.69) is 21.5 Å². The van der Waals surface area contributed by atoms with Crippen LogP contribution in [0.5, 0.6) is 0 Å². The Bertz CT molecular complexity index is 771. The quantitative estimate of drug-likeness (QED) is 0.458. The maximum atomic E-state index is 12.1. The van der Waals surface area contributed by atoms with Crippen molar-refractivity contribution in [1.82, 2.24) is 16.2 Å². The lowest BCUT2D eigenvalue weighted by Gasteiger charge is -2.14. The first-order chi connectivity index (χ1) is 11.5. The molecule has 2 aromatic rings. The van der Waals surface area contributed by atoms with Gasteiger partial charge in [-0.3, -0.25) is 21.0 Å². The van der Waals surface area contributed by atoms with Gasteiger partial charge in [-0.05, 0) is 54.8 Å². The molecule has 24 heavy (non-hydrogen) atoms. The third-order valence-corrected chi connectivity index (χ3v) is 3.68. The van der Waals surface area contributed by atoms with Crippen LogP contribution >= 0.6 is 47.6 Å². The Morgan fingerprint density at radius 3 is 2.25 bits per heavy atom. The number of thiocarbonyl (C=S) groups is 2. The van der Waals surface area contributed by atoms with Gasteiger partial charge in [-0.1, -0.05) is 41.4 Å². The summed E-state index contributed by atoms with van der Waals surface area (Å²) in [5.41, 5.74) is 6.36. The van der Waals surface area contributed by atoms with Gasteiger partial charge < -0.3 is 5.32 Å². The minimum absolute atomic E-state index is 0.0447. The number of carbonyl (C=O) groups excluding carboxylic acids is 1. The van der Waals surface area contributed by atoms with Crippen LogP contribution in [0.25, 0.3) is 0 Å². The van der Waals surface area contributed by atoms with E-state index in [1.807, 2.05) is 30.3 Å². The van der Waals surface area contributed by atoms with Crippen LogP contribution in [-0.2, 0) is 0 Å². The van der Waals surface area contributed by atoms with Crippen LogP contribution in [0.3, 0.4) is 0 Å². The van der Waals surface area contributed by atoms with Gasteiger partial charge >= 0.3 is 0 Å². The third kappa shape index (κ3) is 5.61. The molecule has 0 aliphatic carbocycles. The molecular weight excluding hydrogens is 387 g/mol. The van der Waals surface area contributed by atoms with Crippen molar-refractivity contribution in [3.8, 4) is 0 Å². The van der Waals surface area contributed by atoms with Crippen molar-refractivity contribution in [1.29, 1.82) is 0 Å². The zero-order valence-corrected chi connectivity index (χ0v) is 15.2. The second kappa shape index (κ2) is 8.79. The highest BCUT2D eigenvalue weighted by Gasteiger charge is 2.12. The molecule has 0 spiro atoms. The molecule has 0 aliphatic rings. The summed E-state index contributed by atoms with van der Waals surface area (Å²) in [7, 11) is 0. The first-order valence-corrected chi connectivity index (χ1v) is 8.21. The average Bonchev–Trinajstić information content (AvgIpc) is 2.53. The van der Waals surface area contributed by atoms with Gasteiger partial charge in [0.15, 0.2) is 10.2 Å². The number of anilines is 1. The lowest BCUT2D eigenvalue weighted by atomic mass is 10.2. The Balaban J connectivity index is 1.82. The number of para-hydroxylation sites is 1. The van der Waals surface area contributed by atoms with E-state index >= 15 is 0 Å². The van der Waals surface area contributed by atoms with Crippen LogP contribution in [0.15, 0.2) is 48.5 Å². The number of rotatable bonds is 2. The molecule has 0 atom stereocenters. The van der Waals surface area contributed by atoms with E-state index in [1.54, 1.807) is 6.07 Å². The van der Waals surface area contributed by atoms with Crippen LogP contribution in [0.4, 0.5) is 5.69 Å². The Hall–Kier alpha value is -1.93. The van der Waals surface area contributed by atoms with Gasteiger partial charge in [-0.2, -0.15) is 0 Å². The fourth-order valence-electron chi connectivity index (χ4n) is 1.67. The van der Waals surface area contributed by atoms with E-state index in [-0.39, 0.29) is 15.7 Å². The van der Waals surface area contributed by atoms with Crippen molar-refractivity contribution in [2.24, 2.45) is 0 Å². The summed E-state index contributed by atoms with van der Waals surface area (Å²) >= 11 is 21.9. The standard InChI is InChI=1S/C15H12Cl2N4OS2/c16-9-6-7-11(12(17)8-9)13(22)19-15(24)21-20-14(23)18-10-4-2-1-3-5-10/h1-8H,(H2,18,20,23)(H2,19,21,22,24). The Morgan fingerprint density at radius 1 is 0.917 bits per heavy atom. The largest absolute Gasteiger partial charge is 0.331 e. The molecule has 0 aromatic heterocycles. The van der Waals surface area contributed by atoms with Crippen LogP contribution in [0.2, 0.25) is 10.0 Å². The lowest BCUT2D eigenvalue weighted by Crippen LogP contribution is -2.49. The summed E-state index contributed by atoms with van der Waals surface area (Å²) in [6, 6.07) is 13.9. The Kier molecular flexibility index (Phi) is 6.74. The van der Waals surface area contributed by atoms with Gasteiger partial charge in [0.2, 0.25) is 0 Å². The molecule has 124 valence electrons. The summed E-state index contributed by atoms with van der Waals surface area (Å²) in [6.07, 6.45) is 0. The molecule has 2 aromatic carbocycles. The van der Waals surface area contributed by atoms with Crippen molar-refractivity contribution in [2.45, 2.75) is 0 Å². The van der Waals surface area contributed by atoms with Gasteiger partial charge in [-0.25, -0.2) is 0 Å². The predicted molar refractivity (Wildman–Crippen MR) is 105 cm³/mol. The summed E-state index contributed by atoms with van der Waals surface area (Å²) in [5, 5.41) is 6.44. The number of amides is 1. The van der Waals surface area contributed by atoms with Gasteiger partial charge in [0, 0.05) is 10.7 Å². The van der Waals surface area contributed by atoms with Crippen molar-refractivity contribution < 1.29 is 4.79 Å². The molecule has 0 heterocycles. The fraction of sp³-hybridized carbons (Fsp3) is 0. The molecule has 0 saturated heterocycles. The lowest BCUT2D eigenvalue weighted by molar-refractivity contribution is 0.0976. The molecule has 0 saturated carbocycles. The monoisotopic (exact) mass is 398 g/mol. The fourth-order valence-corrected chi connectivity index (χ4v) is 2.48. The highest BCUT2D eigenvalue weighted by Crippen LogP contribution is 2.20. The Morgan fingerprint density at radius 2 is 1.58 bits per heavy atom. The maximum Gasteiger partial charge on any atom is 0.258 e. The molecule has 0 unspecified atom stereocenters. The van der Waals surface area contributed by atoms with Crippen LogP contribution in [-0.4, -0.2) is 16.1 Å². The number of carbonyl (C=O) groups is 1. The topological polar surface area (TPSA) is 65.2 Å². The van der Waals surface area contributed by atoms with Crippen LogP contribution < -0.4 is 21.5 Å². The van der Waals surface area contributed by atoms with Crippen LogP contribution in [0.1, 0.15) is 10.4 Å². The number of nitrogens with one attached hydrogen (secondary N) is 4. The summed E-state index contributed by atoms with van der Waals surface area (Å²) in [6.45, 7) is 0. The number of hydrogen-bond donors (Lipinski definition) is 4. The van der Waals surface area contributed by atoms with E-state index in [1.165, 1.54) is 12.1 Å². The molecular formula is C15H12Cl2N4OS2. The first-order valence-electron chi connectivity index (χ1n) is 6.64. The molecule has 2 rings (SSSR count). The number of hydrogen-bond acceptors (Lipinski definition) is 3. The van der Waals surface area contributed by atoms with E-state index in [0.717, 1.165) is 5.69 Å². The average molecular weight is 399 g/mol.